The van der Waals surface area contributed by atoms with Crippen molar-refractivity contribution in [2.24, 2.45) is 4.99 Å². The molecule has 4 rings (SSSR count). The molecule has 0 bridgehead atoms. The van der Waals surface area contributed by atoms with Gasteiger partial charge in [-0.15, -0.1) is 0 Å². The molecule has 8 nitrogen and oxygen atoms in total. The number of nitrogens with zero attached hydrogens (tertiary/aromatic N) is 2. The van der Waals surface area contributed by atoms with Crippen molar-refractivity contribution < 1.29 is 23.9 Å². The van der Waals surface area contributed by atoms with Gasteiger partial charge >= 0.3 is 5.97 Å². The number of nitro benzene ring substituents is 1. The number of carbonyl (C=O) groups excluding carboxylic acids is 1. The highest BCUT2D eigenvalue weighted by atomic mass is 79.9. The Morgan fingerprint density at radius 3 is 2.49 bits per heavy atom. The molecule has 0 saturated carbocycles. The molecule has 1 heterocycles. The molecule has 0 aromatic heterocycles. The first kappa shape index (κ1) is 24.4. The van der Waals surface area contributed by atoms with Crippen LogP contribution in [0.1, 0.15) is 23.6 Å². The molecule has 0 unspecified atom stereocenters. The summed E-state index contributed by atoms with van der Waals surface area (Å²) in [4.78, 5) is 27.0. The van der Waals surface area contributed by atoms with Crippen LogP contribution >= 0.6 is 27.5 Å². The summed E-state index contributed by atoms with van der Waals surface area (Å²) in [5.41, 5.74) is 2.05. The zero-order valence-electron chi connectivity index (χ0n) is 18.4. The number of rotatable bonds is 8. The van der Waals surface area contributed by atoms with Crippen molar-refractivity contribution in [2.45, 2.75) is 13.5 Å². The minimum atomic E-state index is -0.629. The predicted octanol–water partition coefficient (Wildman–Crippen LogP) is 6.33. The summed E-state index contributed by atoms with van der Waals surface area (Å²) in [6, 6.07) is 16.4. The van der Waals surface area contributed by atoms with Crippen LogP contribution in [0, 0.1) is 10.1 Å². The second-order valence-corrected chi connectivity index (χ2v) is 8.61. The third-order valence-electron chi connectivity index (χ3n) is 4.88. The zero-order chi connectivity index (χ0) is 24.9. The molecule has 0 fully saturated rings. The Kier molecular flexibility index (Phi) is 7.48. The minimum Gasteiger partial charge on any atom is -0.490 e. The number of esters is 1. The number of halogens is 2. The van der Waals surface area contributed by atoms with Gasteiger partial charge in [0.1, 0.15) is 6.61 Å². The van der Waals surface area contributed by atoms with Crippen LogP contribution < -0.4 is 9.47 Å². The van der Waals surface area contributed by atoms with Gasteiger partial charge in [0.25, 0.3) is 5.69 Å². The summed E-state index contributed by atoms with van der Waals surface area (Å²) in [7, 11) is 0. The molecule has 0 saturated heterocycles. The third kappa shape index (κ3) is 5.87. The van der Waals surface area contributed by atoms with Crippen molar-refractivity contribution in [3.8, 4) is 11.5 Å². The van der Waals surface area contributed by atoms with Crippen LogP contribution in [0.4, 0.5) is 5.69 Å². The van der Waals surface area contributed by atoms with E-state index >= 15 is 0 Å². The molecular weight excluding hydrogens is 540 g/mol. The molecule has 1 aliphatic rings. The van der Waals surface area contributed by atoms with E-state index in [1.807, 2.05) is 19.1 Å². The van der Waals surface area contributed by atoms with Crippen molar-refractivity contribution in [1.29, 1.82) is 0 Å². The van der Waals surface area contributed by atoms with Gasteiger partial charge < -0.3 is 14.2 Å². The summed E-state index contributed by atoms with van der Waals surface area (Å²) >= 11 is 9.46. The molecule has 3 aromatic carbocycles. The van der Waals surface area contributed by atoms with Gasteiger partial charge in [0, 0.05) is 22.7 Å². The van der Waals surface area contributed by atoms with E-state index in [1.165, 1.54) is 24.3 Å². The lowest BCUT2D eigenvalue weighted by Gasteiger charge is -2.15. The predicted molar refractivity (Wildman–Crippen MR) is 135 cm³/mol. The number of non-ortho nitro benzene ring substituents is 1. The largest absolute Gasteiger partial charge is 0.490 e. The van der Waals surface area contributed by atoms with Crippen LogP contribution in [-0.2, 0) is 16.1 Å². The first-order valence-corrected chi connectivity index (χ1v) is 11.6. The van der Waals surface area contributed by atoms with Crippen molar-refractivity contribution >= 4 is 51.2 Å². The average molecular weight is 558 g/mol. The standard InChI is InChI=1S/C25H18BrClN2O6/c1-2-33-22-13-16(11-20(26)23(22)34-14-15-3-7-18(27)8-4-15)12-21-25(30)35-24(28-21)17-5-9-19(10-6-17)29(31)32/h3-13H,2,14H2,1H3/b21-12-. The highest BCUT2D eigenvalue weighted by molar-refractivity contribution is 9.10. The minimum absolute atomic E-state index is 0.0684. The molecule has 3 aromatic rings. The van der Waals surface area contributed by atoms with E-state index in [0.29, 0.717) is 45.3 Å². The maximum Gasteiger partial charge on any atom is 0.363 e. The van der Waals surface area contributed by atoms with Gasteiger partial charge in [0.15, 0.2) is 17.2 Å². The molecule has 35 heavy (non-hydrogen) atoms. The van der Waals surface area contributed by atoms with Crippen molar-refractivity contribution in [3.63, 3.8) is 0 Å². The van der Waals surface area contributed by atoms with E-state index in [0.717, 1.165) is 5.56 Å². The van der Waals surface area contributed by atoms with E-state index in [2.05, 4.69) is 20.9 Å². The van der Waals surface area contributed by atoms with E-state index in [9.17, 15) is 14.9 Å². The second-order valence-electron chi connectivity index (χ2n) is 7.32. The molecule has 0 amide bonds. The van der Waals surface area contributed by atoms with Crippen LogP contribution in [0.2, 0.25) is 5.02 Å². The number of ether oxygens (including phenoxy) is 3. The SMILES string of the molecule is CCOc1cc(/C=C2\N=C(c3ccc([N+](=O)[O-])cc3)OC2=O)cc(Br)c1OCc1ccc(Cl)cc1. The fourth-order valence-electron chi connectivity index (χ4n) is 3.23. The monoisotopic (exact) mass is 556 g/mol. The lowest BCUT2D eigenvalue weighted by molar-refractivity contribution is -0.384. The van der Waals surface area contributed by atoms with Crippen LogP contribution in [0.15, 0.2) is 75.8 Å². The summed E-state index contributed by atoms with van der Waals surface area (Å²) in [5.74, 6) is 0.459. The zero-order valence-corrected chi connectivity index (χ0v) is 20.7. The van der Waals surface area contributed by atoms with Gasteiger partial charge in [-0.05, 0) is 76.5 Å². The smallest absolute Gasteiger partial charge is 0.363 e. The molecule has 0 radical (unpaired) electrons. The van der Waals surface area contributed by atoms with E-state index in [-0.39, 0.29) is 17.3 Å². The first-order valence-electron chi connectivity index (χ1n) is 10.4. The van der Waals surface area contributed by atoms with Crippen molar-refractivity contribution in [3.05, 3.63) is 103 Å². The molecule has 10 heteroatoms. The quantitative estimate of drug-likeness (QED) is 0.139. The van der Waals surface area contributed by atoms with Gasteiger partial charge in [-0.25, -0.2) is 9.79 Å². The number of hydrogen-bond acceptors (Lipinski definition) is 7. The Balaban J connectivity index is 1.59. The maximum absolute atomic E-state index is 12.4. The number of cyclic esters (lactones) is 1. The summed E-state index contributed by atoms with van der Waals surface area (Å²) in [6.45, 7) is 2.58. The van der Waals surface area contributed by atoms with Crippen molar-refractivity contribution in [2.75, 3.05) is 6.61 Å². The van der Waals surface area contributed by atoms with E-state index in [4.69, 9.17) is 25.8 Å². The van der Waals surface area contributed by atoms with Gasteiger partial charge in [-0.2, -0.15) is 0 Å². The molecule has 0 N–H and O–H groups in total. The molecular formula is C25H18BrClN2O6. The highest BCUT2D eigenvalue weighted by Gasteiger charge is 2.25. The normalized spacial score (nSPS) is 14.0. The topological polar surface area (TPSA) is 100 Å². The molecule has 178 valence electrons. The lowest BCUT2D eigenvalue weighted by Crippen LogP contribution is -2.05. The average Bonchev–Trinajstić information content (AvgIpc) is 3.20. The van der Waals surface area contributed by atoms with E-state index in [1.54, 1.807) is 30.3 Å². The van der Waals surface area contributed by atoms with Crippen LogP contribution in [0.3, 0.4) is 0 Å². The second kappa shape index (κ2) is 10.7. The Hall–Kier alpha value is -3.69. The third-order valence-corrected chi connectivity index (χ3v) is 5.72. The Bertz CT molecular complexity index is 1340. The lowest BCUT2D eigenvalue weighted by atomic mass is 10.1. The van der Waals surface area contributed by atoms with Crippen LogP contribution in [-0.4, -0.2) is 23.4 Å². The fraction of sp³-hybridized carbons (Fsp3) is 0.120. The molecule has 0 spiro atoms. The number of aliphatic imine (C=N–C) groups is 1. The van der Waals surface area contributed by atoms with Crippen molar-refractivity contribution in [1.82, 2.24) is 0 Å². The van der Waals surface area contributed by atoms with E-state index < -0.39 is 10.9 Å². The van der Waals surface area contributed by atoms with Crippen LogP contribution in [0.25, 0.3) is 6.08 Å². The maximum atomic E-state index is 12.4. The van der Waals surface area contributed by atoms with Crippen LogP contribution in [0.5, 0.6) is 11.5 Å². The number of nitro groups is 1. The van der Waals surface area contributed by atoms with Gasteiger partial charge in [-0.1, -0.05) is 23.7 Å². The summed E-state index contributed by atoms with van der Waals surface area (Å²) < 4.78 is 17.6. The molecule has 0 atom stereocenters. The summed E-state index contributed by atoms with van der Waals surface area (Å²) in [6.07, 6.45) is 1.57. The Morgan fingerprint density at radius 1 is 1.11 bits per heavy atom. The Morgan fingerprint density at radius 2 is 1.83 bits per heavy atom. The van der Waals surface area contributed by atoms with Gasteiger partial charge in [-0.3, -0.25) is 10.1 Å². The molecule has 0 aliphatic carbocycles. The highest BCUT2D eigenvalue weighted by Crippen LogP contribution is 2.38. The van der Waals surface area contributed by atoms with Gasteiger partial charge in [0.05, 0.1) is 16.0 Å². The Labute approximate surface area is 214 Å². The first-order chi connectivity index (χ1) is 16.8. The van der Waals surface area contributed by atoms with Gasteiger partial charge in [0.2, 0.25) is 5.90 Å². The summed E-state index contributed by atoms with van der Waals surface area (Å²) in [5, 5.41) is 11.5. The fourth-order valence-corrected chi connectivity index (χ4v) is 3.93. The number of hydrogen-bond donors (Lipinski definition) is 0. The number of carbonyl (C=O) groups is 1. The number of benzene rings is 3. The molecule has 1 aliphatic heterocycles.